The second-order valence-corrected chi connectivity index (χ2v) is 26.0. The van der Waals surface area contributed by atoms with Crippen LogP contribution in [-0.4, -0.2) is 6.71 Å². The first-order valence-corrected chi connectivity index (χ1v) is 26.5. The molecule has 0 aliphatic carbocycles. The lowest BCUT2D eigenvalue weighted by Crippen LogP contribution is -2.61. The van der Waals surface area contributed by atoms with Gasteiger partial charge in [0.2, 0.25) is 0 Å². The fourth-order valence-corrected chi connectivity index (χ4v) is 11.3. The van der Waals surface area contributed by atoms with Crippen molar-refractivity contribution >= 4 is 96.2 Å². The first-order chi connectivity index (χ1) is 34.4. The molecule has 0 radical (unpaired) electrons. The van der Waals surface area contributed by atoms with E-state index in [0.717, 1.165) is 56.1 Å². The number of benzene rings is 8. The van der Waals surface area contributed by atoms with Gasteiger partial charge in [-0.05, 0) is 150 Å². The Morgan fingerprint density at radius 2 is 0.836 bits per heavy atom. The van der Waals surface area contributed by atoms with Gasteiger partial charge >= 0.3 is 0 Å². The highest BCUT2D eigenvalue weighted by Crippen LogP contribution is 2.52. The number of fused-ring (bicyclic) bond motifs is 8. The van der Waals surface area contributed by atoms with Crippen molar-refractivity contribution in [1.82, 2.24) is 0 Å². The van der Waals surface area contributed by atoms with Crippen LogP contribution in [0.2, 0.25) is 0 Å². The first-order valence-electron chi connectivity index (χ1n) is 26.5. The van der Waals surface area contributed by atoms with Gasteiger partial charge in [-0.25, -0.2) is 0 Å². The highest BCUT2D eigenvalue weighted by atomic mass is 16.3. The molecule has 1 aromatic heterocycles. The van der Waals surface area contributed by atoms with Gasteiger partial charge in [-0.3, -0.25) is 0 Å². The van der Waals surface area contributed by atoms with Crippen molar-refractivity contribution < 1.29 is 4.42 Å². The van der Waals surface area contributed by atoms with E-state index in [4.69, 9.17) is 4.42 Å². The fraction of sp³-hybridized carbons (Fsp3) is 0.294. The van der Waals surface area contributed by atoms with Crippen LogP contribution < -0.4 is 31.1 Å². The summed E-state index contributed by atoms with van der Waals surface area (Å²) in [5.74, 6) is 0. The number of nitrogens with zero attached hydrogens (tertiary/aromatic N) is 3. The Bertz CT molecular complexity index is 3510. The Morgan fingerprint density at radius 1 is 0.397 bits per heavy atom. The number of furan rings is 1. The van der Waals surface area contributed by atoms with Gasteiger partial charge in [0.25, 0.3) is 6.71 Å². The third kappa shape index (κ3) is 8.24. The van der Waals surface area contributed by atoms with E-state index in [1.165, 1.54) is 61.3 Å². The van der Waals surface area contributed by atoms with Crippen LogP contribution in [0.25, 0.3) is 21.9 Å². The molecule has 11 rings (SSSR count). The van der Waals surface area contributed by atoms with E-state index < -0.39 is 0 Å². The maximum absolute atomic E-state index is 7.34. The lowest BCUT2D eigenvalue weighted by Gasteiger charge is -2.45. The molecule has 0 fully saturated rings. The molecule has 0 saturated heterocycles. The monoisotopic (exact) mass is 958 g/mol. The van der Waals surface area contributed by atoms with Crippen LogP contribution in [0.15, 0.2) is 168 Å². The SMILES string of the molecule is CC(C)(C)c1ccc(N2c3ccc(C(C)(C)C)cc3B3c4cc(N(c5ccc(C(C)(C)C)cc5)c5ccc(C(C)(C)C)cc5)c5oc6ccccc6c5c4N(c4ccc(C(C)(C)C)cc4)c4cccc2c43)cc1. The molecule has 4 nitrogen and oxygen atoms in total. The Balaban J connectivity index is 1.28. The molecule has 8 aromatic carbocycles. The van der Waals surface area contributed by atoms with E-state index in [9.17, 15) is 0 Å². The summed E-state index contributed by atoms with van der Waals surface area (Å²) in [4.78, 5) is 7.54. The molecule has 0 amide bonds. The molecule has 0 spiro atoms. The van der Waals surface area contributed by atoms with Crippen LogP contribution in [0.5, 0.6) is 0 Å². The van der Waals surface area contributed by atoms with Gasteiger partial charge in [-0.2, -0.15) is 0 Å². The maximum atomic E-state index is 7.34. The third-order valence-electron chi connectivity index (χ3n) is 15.6. The summed E-state index contributed by atoms with van der Waals surface area (Å²) in [5, 5.41) is 2.20. The van der Waals surface area contributed by atoms with E-state index in [-0.39, 0.29) is 33.8 Å². The van der Waals surface area contributed by atoms with Crippen molar-refractivity contribution in [2.45, 2.75) is 131 Å². The Hall–Kier alpha value is -6.98. The van der Waals surface area contributed by atoms with E-state index in [1.54, 1.807) is 0 Å². The zero-order valence-corrected chi connectivity index (χ0v) is 45.9. The quantitative estimate of drug-likeness (QED) is 0.160. The topological polar surface area (TPSA) is 22.9 Å². The molecule has 368 valence electrons. The number of anilines is 9. The number of hydrogen-bond acceptors (Lipinski definition) is 4. The molecule has 0 bridgehead atoms. The Morgan fingerprint density at radius 3 is 1.33 bits per heavy atom. The third-order valence-corrected chi connectivity index (χ3v) is 15.6. The summed E-state index contributed by atoms with van der Waals surface area (Å²) in [5.41, 5.74) is 22.2. The van der Waals surface area contributed by atoms with Gasteiger partial charge in [-0.15, -0.1) is 0 Å². The van der Waals surface area contributed by atoms with Gasteiger partial charge in [0.15, 0.2) is 5.58 Å². The van der Waals surface area contributed by atoms with E-state index in [1.807, 2.05) is 0 Å². The van der Waals surface area contributed by atoms with E-state index >= 15 is 0 Å². The largest absolute Gasteiger partial charge is 0.454 e. The molecule has 0 N–H and O–H groups in total. The van der Waals surface area contributed by atoms with Crippen molar-refractivity contribution in [2.24, 2.45) is 0 Å². The van der Waals surface area contributed by atoms with Crippen LogP contribution in [0.3, 0.4) is 0 Å². The normalized spacial score (nSPS) is 13.9. The average molecular weight is 958 g/mol. The molecular weight excluding hydrogens is 886 g/mol. The van der Waals surface area contributed by atoms with E-state index in [0.29, 0.717) is 0 Å². The van der Waals surface area contributed by atoms with Crippen LogP contribution in [0.4, 0.5) is 51.2 Å². The van der Waals surface area contributed by atoms with Crippen LogP contribution in [0.1, 0.15) is 132 Å². The minimum Gasteiger partial charge on any atom is -0.454 e. The van der Waals surface area contributed by atoms with E-state index in [2.05, 4.69) is 282 Å². The summed E-state index contributed by atoms with van der Waals surface area (Å²) < 4.78 is 7.34. The second-order valence-electron chi connectivity index (χ2n) is 26.0. The number of hydrogen-bond donors (Lipinski definition) is 0. The molecule has 0 atom stereocenters. The molecule has 9 aromatic rings. The highest BCUT2D eigenvalue weighted by molar-refractivity contribution is 7.00. The zero-order chi connectivity index (χ0) is 51.7. The van der Waals surface area contributed by atoms with Crippen LogP contribution >= 0.6 is 0 Å². The predicted octanol–water partition coefficient (Wildman–Crippen LogP) is 17.6. The highest BCUT2D eigenvalue weighted by Gasteiger charge is 2.46. The van der Waals surface area contributed by atoms with Crippen LogP contribution in [-0.2, 0) is 27.1 Å². The summed E-state index contributed by atoms with van der Waals surface area (Å²) in [7, 11) is 0. The Labute approximate surface area is 435 Å². The van der Waals surface area contributed by atoms with Crippen molar-refractivity contribution in [3.63, 3.8) is 0 Å². The summed E-state index contributed by atoms with van der Waals surface area (Å²) in [6, 6.07) is 62.5. The fourth-order valence-electron chi connectivity index (χ4n) is 11.3. The van der Waals surface area contributed by atoms with Crippen molar-refractivity contribution in [3.05, 3.63) is 192 Å². The average Bonchev–Trinajstić information content (AvgIpc) is 3.73. The minimum absolute atomic E-state index is 0.00201. The second kappa shape index (κ2) is 16.8. The molecule has 73 heavy (non-hydrogen) atoms. The maximum Gasteiger partial charge on any atom is 0.252 e. The lowest BCUT2D eigenvalue weighted by atomic mass is 9.33. The van der Waals surface area contributed by atoms with Gasteiger partial charge < -0.3 is 19.1 Å². The van der Waals surface area contributed by atoms with Gasteiger partial charge in [-0.1, -0.05) is 189 Å². The zero-order valence-electron chi connectivity index (χ0n) is 45.9. The number of rotatable bonds is 5. The summed E-state index contributed by atoms with van der Waals surface area (Å²) >= 11 is 0. The van der Waals surface area contributed by atoms with Crippen LogP contribution in [0, 0.1) is 0 Å². The number of para-hydroxylation sites is 1. The lowest BCUT2D eigenvalue weighted by molar-refractivity contribution is 0.590. The van der Waals surface area contributed by atoms with Crippen molar-refractivity contribution in [2.75, 3.05) is 14.7 Å². The van der Waals surface area contributed by atoms with Gasteiger partial charge in [0, 0.05) is 45.2 Å². The molecular formula is C68H72BN3O. The molecule has 2 aliphatic rings. The predicted molar refractivity (Wildman–Crippen MR) is 316 cm³/mol. The standard InChI is InChI=1S/C68H72BN3O/c1-64(2,3)43-23-32-48(33-24-43)70(49-34-25-44(26-35-49)65(4,5)6)58-42-54-62(60-52-19-16-17-22-59(52)73-63(58)60)72(51-38-29-46(30-39-51)67(10,11)12)57-21-18-20-56-61(57)69(54)53-41-47(68(13,14)15)31-40-55(53)71(56)50-36-27-45(28-37-50)66(7,8)9/h16-42H,1-15H3. The smallest absolute Gasteiger partial charge is 0.252 e. The van der Waals surface area contributed by atoms with Crippen molar-refractivity contribution in [1.29, 1.82) is 0 Å². The first kappa shape index (κ1) is 48.3. The van der Waals surface area contributed by atoms with Gasteiger partial charge in [0.1, 0.15) is 5.58 Å². The molecule has 5 heteroatoms. The minimum atomic E-state index is -0.126. The molecule has 3 heterocycles. The summed E-state index contributed by atoms with van der Waals surface area (Å²) in [6.45, 7) is 34.4. The van der Waals surface area contributed by atoms with Gasteiger partial charge in [0.05, 0.1) is 16.8 Å². The molecule has 0 saturated carbocycles. The summed E-state index contributed by atoms with van der Waals surface area (Å²) in [6.07, 6.45) is 0. The Kier molecular flexibility index (Phi) is 11.1. The van der Waals surface area contributed by atoms with Crippen molar-refractivity contribution in [3.8, 4) is 0 Å². The molecule has 0 unspecified atom stereocenters. The molecule has 2 aliphatic heterocycles.